The molecule has 0 aliphatic heterocycles. The first kappa shape index (κ1) is 30.9. The molecule has 1 unspecified atom stereocenters. The van der Waals surface area contributed by atoms with E-state index >= 15 is 0 Å². The molecule has 7 nitrogen and oxygen atoms in total. The van der Waals surface area contributed by atoms with E-state index < -0.39 is 38.1 Å². The fourth-order valence-electron chi connectivity index (χ4n) is 3.35. The molecule has 2 aromatic carbocycles. The summed E-state index contributed by atoms with van der Waals surface area (Å²) in [7, 11) is -4.74. The average Bonchev–Trinajstić information content (AvgIpc) is 2.78. The third-order valence-corrected chi connectivity index (χ3v) is 5.97. The van der Waals surface area contributed by atoms with E-state index in [0.29, 0.717) is 24.0 Å². The topological polar surface area (TPSA) is 111 Å². The molecule has 0 saturated carbocycles. The van der Waals surface area contributed by atoms with Crippen molar-refractivity contribution in [3.8, 4) is 11.5 Å². The number of halogens is 6. The Kier molecular flexibility index (Phi) is 10.4. The summed E-state index contributed by atoms with van der Waals surface area (Å²) in [6.07, 6.45) is -8.33. The van der Waals surface area contributed by atoms with Crippen LogP contribution in [0.1, 0.15) is 42.9 Å². The van der Waals surface area contributed by atoms with Gasteiger partial charge < -0.3 is 25.0 Å². The highest BCUT2D eigenvalue weighted by Crippen LogP contribution is 2.39. The van der Waals surface area contributed by atoms with E-state index in [0.717, 1.165) is 18.2 Å². The van der Waals surface area contributed by atoms with Gasteiger partial charge in [0.25, 0.3) is 0 Å². The van der Waals surface area contributed by atoms with E-state index in [1.54, 1.807) is 6.92 Å². The van der Waals surface area contributed by atoms with Crippen LogP contribution in [0.4, 0.5) is 26.3 Å². The summed E-state index contributed by atoms with van der Waals surface area (Å²) < 4.78 is 102. The monoisotopic (exact) mass is 559 g/mol. The maximum atomic E-state index is 13.6. The van der Waals surface area contributed by atoms with Crippen LogP contribution in [-0.4, -0.2) is 34.9 Å². The molecule has 2 aromatic rings. The molecule has 37 heavy (non-hydrogen) atoms. The second-order valence-corrected chi connectivity index (χ2v) is 9.69. The molecule has 1 atom stereocenters. The van der Waals surface area contributed by atoms with Gasteiger partial charge in [0.2, 0.25) is 0 Å². The van der Waals surface area contributed by atoms with Crippen LogP contribution in [0, 0.1) is 0 Å². The molecule has 0 fully saturated rings. The highest BCUT2D eigenvalue weighted by Gasteiger charge is 2.35. The largest absolute Gasteiger partial charge is 0.573 e. The van der Waals surface area contributed by atoms with E-state index in [4.69, 9.17) is 20.3 Å². The quantitative estimate of drug-likeness (QED) is 0.162. The lowest BCUT2D eigenvalue weighted by Crippen LogP contribution is -2.44. The summed E-state index contributed by atoms with van der Waals surface area (Å²) in [5.41, 5.74) is 4.94. The maximum absolute atomic E-state index is 13.6. The zero-order chi connectivity index (χ0) is 27.9. The molecule has 0 aromatic heterocycles. The van der Waals surface area contributed by atoms with Gasteiger partial charge in [-0.05, 0) is 67.5 Å². The number of ether oxygens (including phenoxy) is 2. The van der Waals surface area contributed by atoms with Gasteiger partial charge >= 0.3 is 20.4 Å². The fourth-order valence-corrected chi connectivity index (χ4v) is 3.78. The third kappa shape index (κ3) is 11.3. The first-order valence-electron chi connectivity index (χ1n) is 11.2. The summed E-state index contributed by atoms with van der Waals surface area (Å²) in [4.78, 5) is 17.7. The number of benzene rings is 2. The van der Waals surface area contributed by atoms with Crippen LogP contribution in [-0.2, 0) is 28.1 Å². The van der Waals surface area contributed by atoms with Gasteiger partial charge in [-0.3, -0.25) is 4.52 Å². The Morgan fingerprint density at radius 3 is 2.11 bits per heavy atom. The molecular formula is C23H28F6NO6P. The summed E-state index contributed by atoms with van der Waals surface area (Å²) >= 11 is 0. The molecule has 0 aliphatic rings. The number of nitrogens with two attached hydrogens (primary N) is 1. The molecule has 0 spiro atoms. The van der Waals surface area contributed by atoms with Crippen molar-refractivity contribution in [2.24, 2.45) is 5.73 Å². The smallest absolute Gasteiger partial charge is 0.493 e. The Bertz CT molecular complexity index is 1060. The summed E-state index contributed by atoms with van der Waals surface area (Å²) in [6.45, 7) is 1.15. The van der Waals surface area contributed by atoms with Crippen molar-refractivity contribution in [3.63, 3.8) is 0 Å². The van der Waals surface area contributed by atoms with E-state index in [2.05, 4.69) is 9.26 Å². The van der Waals surface area contributed by atoms with Gasteiger partial charge in [0.15, 0.2) is 0 Å². The lowest BCUT2D eigenvalue weighted by molar-refractivity contribution is -0.274. The first-order valence-corrected chi connectivity index (χ1v) is 12.7. The zero-order valence-electron chi connectivity index (χ0n) is 19.8. The number of rotatable bonds is 13. The second kappa shape index (κ2) is 12.5. The first-order chi connectivity index (χ1) is 17.0. The van der Waals surface area contributed by atoms with Crippen molar-refractivity contribution in [2.75, 3.05) is 13.2 Å². The van der Waals surface area contributed by atoms with Crippen molar-refractivity contribution < 1.29 is 54.7 Å². The molecule has 0 radical (unpaired) electrons. The van der Waals surface area contributed by atoms with Gasteiger partial charge in [-0.15, -0.1) is 13.2 Å². The van der Waals surface area contributed by atoms with Gasteiger partial charge in [0.1, 0.15) is 11.5 Å². The molecule has 14 heteroatoms. The Morgan fingerprint density at radius 1 is 0.946 bits per heavy atom. The van der Waals surface area contributed by atoms with Crippen molar-refractivity contribution in [1.82, 2.24) is 0 Å². The van der Waals surface area contributed by atoms with Crippen LogP contribution in [0.5, 0.6) is 11.5 Å². The summed E-state index contributed by atoms with van der Waals surface area (Å²) in [5, 5.41) is 0. The number of alkyl halides is 6. The summed E-state index contributed by atoms with van der Waals surface area (Å²) in [6, 6.07) is 8.73. The van der Waals surface area contributed by atoms with Gasteiger partial charge in [-0.1, -0.05) is 25.1 Å². The van der Waals surface area contributed by atoms with Crippen LogP contribution >= 0.6 is 7.82 Å². The SMILES string of the molecule is CCC(N)(CCc1ccc(OCCCc2ccc(OC(F)(F)F)cc2)c(C(F)(F)F)c1)COP(=O)(O)O. The minimum atomic E-state index is -4.80. The van der Waals surface area contributed by atoms with Gasteiger partial charge in [0.05, 0.1) is 18.8 Å². The minimum Gasteiger partial charge on any atom is -0.493 e. The van der Waals surface area contributed by atoms with Crippen molar-refractivity contribution in [2.45, 2.75) is 57.1 Å². The second-order valence-electron chi connectivity index (χ2n) is 8.45. The molecule has 0 aliphatic carbocycles. The Hall–Kier alpha value is -2.31. The molecule has 208 valence electrons. The van der Waals surface area contributed by atoms with Crippen LogP contribution in [0.15, 0.2) is 42.5 Å². The van der Waals surface area contributed by atoms with Crippen LogP contribution in [0.2, 0.25) is 0 Å². The van der Waals surface area contributed by atoms with Crippen molar-refractivity contribution >= 4 is 7.82 Å². The van der Waals surface area contributed by atoms with Crippen LogP contribution in [0.25, 0.3) is 0 Å². The fraction of sp³-hybridized carbons (Fsp3) is 0.478. The predicted octanol–water partition coefficient (Wildman–Crippen LogP) is 5.77. The van der Waals surface area contributed by atoms with Gasteiger partial charge in [-0.25, -0.2) is 4.57 Å². The lowest BCUT2D eigenvalue weighted by atomic mass is 9.90. The standard InChI is InChI=1S/C23H28F6NO6P/c1-2-21(30,15-35-37(31,32)33)12-11-17-7-10-20(19(14-17)22(24,25)26)34-13-3-4-16-5-8-18(9-6-16)36-23(27,28)29/h5-10,14H,2-4,11-13,15,30H2,1H3,(H2,31,32,33). The van der Waals surface area contributed by atoms with Crippen LogP contribution < -0.4 is 15.2 Å². The van der Waals surface area contributed by atoms with Crippen molar-refractivity contribution in [3.05, 3.63) is 59.2 Å². The number of aryl methyl sites for hydroxylation is 2. The average molecular weight is 559 g/mol. The molecule has 0 saturated heterocycles. The predicted molar refractivity (Wildman–Crippen MR) is 122 cm³/mol. The number of phosphoric ester groups is 1. The molecular weight excluding hydrogens is 531 g/mol. The number of hydrogen-bond acceptors (Lipinski definition) is 5. The maximum Gasteiger partial charge on any atom is 0.573 e. The van der Waals surface area contributed by atoms with Crippen molar-refractivity contribution in [1.29, 1.82) is 0 Å². The third-order valence-electron chi connectivity index (χ3n) is 5.51. The van der Waals surface area contributed by atoms with E-state index in [1.807, 2.05) is 0 Å². The Labute approximate surface area is 209 Å². The Balaban J connectivity index is 1.97. The normalized spacial score (nSPS) is 14.3. The highest BCUT2D eigenvalue weighted by atomic mass is 31.2. The molecule has 2 rings (SSSR count). The van der Waals surface area contributed by atoms with E-state index in [9.17, 15) is 30.9 Å². The highest BCUT2D eigenvalue weighted by molar-refractivity contribution is 7.46. The minimum absolute atomic E-state index is 0.0648. The summed E-state index contributed by atoms with van der Waals surface area (Å²) in [5.74, 6) is -0.743. The molecule has 0 heterocycles. The molecule has 4 N–H and O–H groups in total. The van der Waals surface area contributed by atoms with Gasteiger partial charge in [0, 0.05) is 5.54 Å². The van der Waals surface area contributed by atoms with Crippen LogP contribution in [0.3, 0.4) is 0 Å². The van der Waals surface area contributed by atoms with E-state index in [-0.39, 0.29) is 37.4 Å². The number of phosphoric acid groups is 1. The van der Waals surface area contributed by atoms with Gasteiger partial charge in [-0.2, -0.15) is 13.2 Å². The Morgan fingerprint density at radius 2 is 1.57 bits per heavy atom. The lowest BCUT2D eigenvalue weighted by Gasteiger charge is -2.28. The van der Waals surface area contributed by atoms with E-state index in [1.165, 1.54) is 24.3 Å². The molecule has 0 bridgehead atoms. The number of hydrogen-bond donors (Lipinski definition) is 3. The zero-order valence-corrected chi connectivity index (χ0v) is 20.7. The molecule has 0 amide bonds.